The zero-order valence-electron chi connectivity index (χ0n) is 8.42. The molecule has 82 valence electrons. The number of H-pyrrole nitrogens is 1. The first kappa shape index (κ1) is 12.0. The first-order valence-electron chi connectivity index (χ1n) is 4.59. The van der Waals surface area contributed by atoms with Crippen LogP contribution >= 0.6 is 44.1 Å². The number of aromatic amines is 1. The summed E-state index contributed by atoms with van der Waals surface area (Å²) in [5.74, 6) is 0.764. The highest BCUT2D eigenvalue weighted by Crippen LogP contribution is 2.26. The van der Waals surface area contributed by atoms with E-state index in [1.165, 1.54) is 5.56 Å². The normalized spacial score (nSPS) is 10.4. The molecule has 0 saturated carbocycles. The number of hydrogen-bond donors (Lipinski definition) is 1. The van der Waals surface area contributed by atoms with E-state index in [1.807, 2.05) is 19.1 Å². The zero-order chi connectivity index (χ0) is 11.7. The Morgan fingerprint density at radius 1 is 1.25 bits per heavy atom. The summed E-state index contributed by atoms with van der Waals surface area (Å²) >= 11 is 12.0. The van der Waals surface area contributed by atoms with Gasteiger partial charge in [-0.25, -0.2) is 4.98 Å². The third kappa shape index (κ3) is 2.42. The molecule has 5 heteroatoms. The molecule has 0 aliphatic rings. The van der Waals surface area contributed by atoms with Gasteiger partial charge < -0.3 is 4.98 Å². The maximum absolute atomic E-state index is 5.15. The first-order valence-corrected chi connectivity index (χ1v) is 6.58. The SMILES string of the molecule is Cc1ccc(-c2ncc(Br)c(=S)[nH]2)c(Br)c1. The number of halogens is 2. The van der Waals surface area contributed by atoms with E-state index in [4.69, 9.17) is 12.2 Å². The fourth-order valence-electron chi connectivity index (χ4n) is 1.33. The van der Waals surface area contributed by atoms with Crippen molar-refractivity contribution in [1.29, 1.82) is 0 Å². The Kier molecular flexibility index (Phi) is 3.56. The van der Waals surface area contributed by atoms with Crippen LogP contribution in [0, 0.1) is 11.6 Å². The first-order chi connectivity index (χ1) is 7.58. The van der Waals surface area contributed by atoms with Gasteiger partial charge in [-0.05, 0) is 40.5 Å². The Morgan fingerprint density at radius 2 is 2.00 bits per heavy atom. The number of nitrogens with one attached hydrogen (secondary N) is 1. The lowest BCUT2D eigenvalue weighted by Crippen LogP contribution is -1.91. The maximum Gasteiger partial charge on any atom is 0.139 e. The van der Waals surface area contributed by atoms with Crippen molar-refractivity contribution in [3.05, 3.63) is 43.5 Å². The van der Waals surface area contributed by atoms with Crippen LogP contribution in [0.3, 0.4) is 0 Å². The number of hydrogen-bond acceptors (Lipinski definition) is 2. The predicted molar refractivity (Wildman–Crippen MR) is 75.0 cm³/mol. The van der Waals surface area contributed by atoms with Crippen molar-refractivity contribution >= 4 is 44.1 Å². The quantitative estimate of drug-likeness (QED) is 0.751. The van der Waals surface area contributed by atoms with Crippen molar-refractivity contribution in [1.82, 2.24) is 9.97 Å². The van der Waals surface area contributed by atoms with Gasteiger partial charge in [-0.1, -0.05) is 34.2 Å². The molecule has 0 atom stereocenters. The Bertz CT molecular complexity index is 593. The van der Waals surface area contributed by atoms with Crippen LogP contribution < -0.4 is 0 Å². The fraction of sp³-hybridized carbons (Fsp3) is 0.0909. The molecule has 0 radical (unpaired) electrons. The Morgan fingerprint density at radius 3 is 2.62 bits per heavy atom. The molecule has 0 unspecified atom stereocenters. The highest BCUT2D eigenvalue weighted by molar-refractivity contribution is 9.10. The summed E-state index contributed by atoms with van der Waals surface area (Å²) in [6.45, 7) is 2.05. The van der Waals surface area contributed by atoms with Crippen LogP contribution in [-0.4, -0.2) is 9.97 Å². The summed E-state index contributed by atoms with van der Waals surface area (Å²) in [5.41, 5.74) is 2.20. The Labute approximate surface area is 115 Å². The summed E-state index contributed by atoms with van der Waals surface area (Å²) in [7, 11) is 0. The van der Waals surface area contributed by atoms with E-state index in [9.17, 15) is 0 Å². The standard InChI is InChI=1S/C11H8Br2N2S/c1-6-2-3-7(8(12)4-6)10-14-5-9(13)11(16)15-10/h2-5H,1H3,(H,14,15,16). The second kappa shape index (κ2) is 4.77. The van der Waals surface area contributed by atoms with E-state index in [2.05, 4.69) is 47.9 Å². The third-order valence-electron chi connectivity index (χ3n) is 2.14. The summed E-state index contributed by atoms with van der Waals surface area (Å²) in [5, 5.41) is 0. The van der Waals surface area contributed by atoms with Crippen LogP contribution in [0.15, 0.2) is 33.3 Å². The van der Waals surface area contributed by atoms with Crippen molar-refractivity contribution in [3.63, 3.8) is 0 Å². The zero-order valence-corrected chi connectivity index (χ0v) is 12.4. The highest BCUT2D eigenvalue weighted by Gasteiger charge is 2.05. The molecule has 0 amide bonds. The average Bonchev–Trinajstić information content (AvgIpc) is 2.22. The van der Waals surface area contributed by atoms with Gasteiger partial charge in [0.15, 0.2) is 0 Å². The van der Waals surface area contributed by atoms with Gasteiger partial charge in [0, 0.05) is 16.2 Å². The van der Waals surface area contributed by atoms with Gasteiger partial charge in [-0.2, -0.15) is 0 Å². The molecule has 1 aromatic heterocycles. The van der Waals surface area contributed by atoms with Gasteiger partial charge in [0.25, 0.3) is 0 Å². The fourth-order valence-corrected chi connectivity index (χ4v) is 2.36. The number of aryl methyl sites for hydroxylation is 1. The predicted octanol–water partition coefficient (Wildman–Crippen LogP) is 4.64. The molecule has 0 saturated heterocycles. The lowest BCUT2D eigenvalue weighted by Gasteiger charge is -2.05. The van der Waals surface area contributed by atoms with Crippen LogP contribution in [0.4, 0.5) is 0 Å². The average molecular weight is 360 g/mol. The number of rotatable bonds is 1. The molecular formula is C11H8Br2N2S. The molecule has 0 aliphatic heterocycles. The van der Waals surface area contributed by atoms with Crippen molar-refractivity contribution in [2.24, 2.45) is 0 Å². The van der Waals surface area contributed by atoms with E-state index in [1.54, 1.807) is 6.20 Å². The van der Waals surface area contributed by atoms with E-state index in [0.717, 1.165) is 20.3 Å². The van der Waals surface area contributed by atoms with Crippen LogP contribution in [0.5, 0.6) is 0 Å². The number of nitrogens with zero attached hydrogens (tertiary/aromatic N) is 1. The lowest BCUT2D eigenvalue weighted by molar-refractivity contribution is 1.14. The molecule has 2 nitrogen and oxygen atoms in total. The van der Waals surface area contributed by atoms with Gasteiger partial charge in [0.1, 0.15) is 10.5 Å². The number of benzene rings is 1. The van der Waals surface area contributed by atoms with E-state index in [-0.39, 0.29) is 0 Å². The highest BCUT2D eigenvalue weighted by atomic mass is 79.9. The van der Waals surface area contributed by atoms with Gasteiger partial charge in [0.05, 0.1) is 4.47 Å². The van der Waals surface area contributed by atoms with Crippen LogP contribution in [0.2, 0.25) is 0 Å². The van der Waals surface area contributed by atoms with Gasteiger partial charge >= 0.3 is 0 Å². The van der Waals surface area contributed by atoms with E-state index in [0.29, 0.717) is 4.64 Å². The van der Waals surface area contributed by atoms with Crippen LogP contribution in [0.25, 0.3) is 11.4 Å². The van der Waals surface area contributed by atoms with E-state index >= 15 is 0 Å². The van der Waals surface area contributed by atoms with Crippen molar-refractivity contribution in [3.8, 4) is 11.4 Å². The molecule has 1 heterocycles. The summed E-state index contributed by atoms with van der Waals surface area (Å²) in [4.78, 5) is 7.38. The Hall–Kier alpha value is -0.520. The van der Waals surface area contributed by atoms with Crippen molar-refractivity contribution in [2.75, 3.05) is 0 Å². The molecule has 2 rings (SSSR count). The second-order valence-electron chi connectivity index (χ2n) is 3.39. The van der Waals surface area contributed by atoms with Crippen LogP contribution in [0.1, 0.15) is 5.56 Å². The monoisotopic (exact) mass is 358 g/mol. The van der Waals surface area contributed by atoms with Gasteiger partial charge in [-0.15, -0.1) is 0 Å². The number of aromatic nitrogens is 2. The van der Waals surface area contributed by atoms with Crippen molar-refractivity contribution in [2.45, 2.75) is 6.92 Å². The maximum atomic E-state index is 5.15. The molecule has 16 heavy (non-hydrogen) atoms. The summed E-state index contributed by atoms with van der Waals surface area (Å²) in [6.07, 6.45) is 1.71. The molecule has 1 N–H and O–H groups in total. The molecule has 2 aromatic rings. The second-order valence-corrected chi connectivity index (χ2v) is 5.51. The minimum atomic E-state index is 0.650. The minimum absolute atomic E-state index is 0.650. The summed E-state index contributed by atoms with van der Waals surface area (Å²) < 4.78 is 2.46. The molecule has 0 aliphatic carbocycles. The molecule has 0 fully saturated rings. The third-order valence-corrected chi connectivity index (χ3v) is 3.98. The van der Waals surface area contributed by atoms with Crippen LogP contribution in [-0.2, 0) is 0 Å². The molecule has 0 bridgehead atoms. The van der Waals surface area contributed by atoms with Gasteiger partial charge in [0.2, 0.25) is 0 Å². The molecular weight excluding hydrogens is 352 g/mol. The van der Waals surface area contributed by atoms with Gasteiger partial charge in [-0.3, -0.25) is 0 Å². The largest absolute Gasteiger partial charge is 0.330 e. The van der Waals surface area contributed by atoms with E-state index < -0.39 is 0 Å². The smallest absolute Gasteiger partial charge is 0.139 e. The lowest BCUT2D eigenvalue weighted by atomic mass is 10.1. The molecule has 0 spiro atoms. The molecule has 1 aromatic carbocycles. The Balaban J connectivity index is 2.59. The van der Waals surface area contributed by atoms with Crippen molar-refractivity contribution < 1.29 is 0 Å². The summed E-state index contributed by atoms with van der Waals surface area (Å²) in [6, 6.07) is 6.11. The topological polar surface area (TPSA) is 28.7 Å². The minimum Gasteiger partial charge on any atom is -0.330 e.